The maximum absolute atomic E-state index is 8.57. The van der Waals surface area contributed by atoms with Crippen LogP contribution in [0.3, 0.4) is 0 Å². The summed E-state index contributed by atoms with van der Waals surface area (Å²) in [5.41, 5.74) is 0. The van der Waals surface area contributed by atoms with Gasteiger partial charge in [-0.1, -0.05) is 0 Å². The zero-order valence-electron chi connectivity index (χ0n) is 4.28. The van der Waals surface area contributed by atoms with E-state index < -0.39 is 17.4 Å². The van der Waals surface area contributed by atoms with Gasteiger partial charge in [0, 0.05) is 0 Å². The lowest BCUT2D eigenvalue weighted by Gasteiger charge is -1.33. The Morgan fingerprint density at radius 3 is 0.875 bits per heavy atom. The van der Waals surface area contributed by atoms with Gasteiger partial charge in [0.2, 0.25) is 0 Å². The van der Waals surface area contributed by atoms with Crippen molar-refractivity contribution in [1.29, 1.82) is 0 Å². The largest absolute Gasteiger partial charge is 0.348 e. The van der Waals surface area contributed by atoms with Gasteiger partial charge in [-0.25, -0.2) is 0 Å². The Kier molecular flexibility index (Phi) is 164. The molecule has 0 heterocycles. The second-order valence-electron chi connectivity index (χ2n) is 0.211. The third-order valence-electron chi connectivity index (χ3n) is 0. The van der Waals surface area contributed by atoms with Crippen LogP contribution >= 0.6 is 17.4 Å². The molecule has 56 valence electrons. The van der Waals surface area contributed by atoms with Crippen LogP contribution in [0.4, 0.5) is 0 Å². The van der Waals surface area contributed by atoms with Crippen molar-refractivity contribution < 1.29 is 18.9 Å². The quantitative estimate of drug-likeness (QED) is 0.361. The molecule has 0 rings (SSSR count). The van der Waals surface area contributed by atoms with E-state index in [0.29, 0.717) is 0 Å². The number of rotatable bonds is 0. The second-order valence-corrected chi connectivity index (χ2v) is 0.632. The molecule has 6 nitrogen and oxygen atoms in total. The van der Waals surface area contributed by atoms with E-state index in [0.717, 1.165) is 0 Å². The summed E-state index contributed by atoms with van der Waals surface area (Å²) in [6.07, 6.45) is 0. The Morgan fingerprint density at radius 1 is 0.875 bits per heavy atom. The predicted molar refractivity (Wildman–Crippen MR) is 35.3 cm³/mol. The maximum Gasteiger partial charge on any atom is 0.177 e. The average Bonchev–Trinajstić information content (AvgIpc) is 1.39. The third-order valence-corrected chi connectivity index (χ3v) is 0. The normalized spacial score (nSPS) is 7.25. The summed E-state index contributed by atoms with van der Waals surface area (Å²) in [5, 5.41) is 0. The molecule has 0 aromatic heterocycles. The minimum Gasteiger partial charge on any atom is -0.348 e. The molecule has 8 heteroatoms. The molecule has 0 aromatic carbocycles. The average molecular weight is 166 g/mol. The van der Waals surface area contributed by atoms with E-state index in [1.165, 1.54) is 0 Å². The molecule has 0 amide bonds. The molecule has 8 N–H and O–H groups in total. The first-order valence-corrected chi connectivity index (χ1v) is 2.96. The van der Waals surface area contributed by atoms with Gasteiger partial charge in [0.15, 0.2) is 17.4 Å². The molecule has 0 saturated heterocycles. The lowest BCUT2D eigenvalue weighted by Crippen LogP contribution is -1.03. The zero-order valence-corrected chi connectivity index (χ0v) is 6.59. The zero-order chi connectivity index (χ0) is 5.41. The van der Waals surface area contributed by atoms with Crippen molar-refractivity contribution >= 4 is 17.4 Å². The van der Waals surface area contributed by atoms with E-state index in [4.69, 9.17) is 18.9 Å². The smallest absolute Gasteiger partial charge is 0.177 e. The van der Waals surface area contributed by atoms with Crippen LogP contribution in [0, 0.1) is 0 Å². The first-order chi connectivity index (χ1) is 2.83. The molecular weight excluding hydrogens is 154 g/mol. The van der Waals surface area contributed by atoms with Crippen LogP contribution in [0.25, 0.3) is 0 Å². The molecule has 0 bridgehead atoms. The molecule has 0 radical (unpaired) electrons. The molecule has 2 unspecified atom stereocenters. The van der Waals surface area contributed by atoms with E-state index >= 15 is 0 Å². The number of hydrogen-bond acceptors (Lipinski definition) is 4. The summed E-state index contributed by atoms with van der Waals surface area (Å²) < 4.78 is 17.1. The molecule has 0 aliphatic rings. The van der Waals surface area contributed by atoms with Crippen molar-refractivity contribution in [1.82, 2.24) is 12.3 Å². The number of hydrogen-bond donors (Lipinski definition) is 4. The van der Waals surface area contributed by atoms with Crippen LogP contribution in [-0.2, 0) is 9.13 Å². The van der Waals surface area contributed by atoms with Crippen LogP contribution in [0.15, 0.2) is 0 Å². The molecule has 0 spiro atoms. The highest BCUT2D eigenvalue weighted by Crippen LogP contribution is 1.66. The Labute approximate surface area is 49.7 Å². The van der Waals surface area contributed by atoms with E-state index in [1.807, 2.05) is 0 Å². The molecule has 0 fully saturated rings. The van der Waals surface area contributed by atoms with Crippen molar-refractivity contribution in [2.75, 3.05) is 0 Å². The third kappa shape index (κ3) is 1970. The standard InChI is InChI=1S/2H3N.2H3O2P/c;;2*1-3-2/h2*1H3;2*3H2,(H,1,2). The van der Waals surface area contributed by atoms with Gasteiger partial charge >= 0.3 is 0 Å². The first-order valence-electron chi connectivity index (χ1n) is 0.988. The van der Waals surface area contributed by atoms with Crippen molar-refractivity contribution in [3.05, 3.63) is 0 Å². The van der Waals surface area contributed by atoms with Gasteiger partial charge in [-0.15, -0.1) is 0 Å². The van der Waals surface area contributed by atoms with Gasteiger partial charge in [-0.2, -0.15) is 0 Å². The monoisotopic (exact) mass is 166 g/mol. The summed E-state index contributed by atoms with van der Waals surface area (Å²) in [4.78, 5) is 14.2. The van der Waals surface area contributed by atoms with Gasteiger partial charge in [-0.3, -0.25) is 9.13 Å². The fraction of sp³-hybridized carbons (Fsp3) is 0. The molecule has 0 aromatic rings. The highest BCUT2D eigenvalue weighted by atomic mass is 31.1. The molecular formula is H12N2O4P2. The van der Waals surface area contributed by atoms with E-state index in [1.54, 1.807) is 0 Å². The fourth-order valence-corrected chi connectivity index (χ4v) is 0. The summed E-state index contributed by atoms with van der Waals surface area (Å²) >= 11 is 0. The second kappa shape index (κ2) is 54.8. The van der Waals surface area contributed by atoms with Crippen LogP contribution in [0.2, 0.25) is 0 Å². The summed E-state index contributed by atoms with van der Waals surface area (Å²) in [6, 6.07) is 0. The molecule has 0 saturated carbocycles. The van der Waals surface area contributed by atoms with Crippen LogP contribution in [0.1, 0.15) is 0 Å². The van der Waals surface area contributed by atoms with Crippen LogP contribution in [0.5, 0.6) is 0 Å². The van der Waals surface area contributed by atoms with Crippen molar-refractivity contribution in [3.8, 4) is 0 Å². The maximum atomic E-state index is 8.57. The van der Waals surface area contributed by atoms with Crippen molar-refractivity contribution in [2.24, 2.45) is 0 Å². The summed E-state index contributed by atoms with van der Waals surface area (Å²) in [5.74, 6) is 0. The topological polar surface area (TPSA) is 145 Å². The van der Waals surface area contributed by atoms with Crippen LogP contribution < -0.4 is 12.3 Å². The summed E-state index contributed by atoms with van der Waals surface area (Å²) in [7, 11) is -3.00. The van der Waals surface area contributed by atoms with Crippen molar-refractivity contribution in [2.45, 2.75) is 0 Å². The Bertz CT molecular complexity index is 33.0. The fourth-order valence-electron chi connectivity index (χ4n) is 0. The molecule has 2 atom stereocenters. The van der Waals surface area contributed by atoms with Gasteiger partial charge < -0.3 is 22.1 Å². The summed E-state index contributed by atoms with van der Waals surface area (Å²) in [6.45, 7) is 0. The Balaban J connectivity index is -0.0000000160. The van der Waals surface area contributed by atoms with Gasteiger partial charge in [-0.05, 0) is 0 Å². The molecule has 0 aliphatic heterocycles. The predicted octanol–water partition coefficient (Wildman–Crippen LogP) is -0.376. The van der Waals surface area contributed by atoms with E-state index in [9.17, 15) is 0 Å². The van der Waals surface area contributed by atoms with Gasteiger partial charge in [0.05, 0.1) is 0 Å². The molecule has 0 aliphatic carbocycles. The Morgan fingerprint density at radius 2 is 0.875 bits per heavy atom. The van der Waals surface area contributed by atoms with E-state index in [-0.39, 0.29) is 12.3 Å². The molecule has 8 heavy (non-hydrogen) atoms. The highest BCUT2D eigenvalue weighted by molar-refractivity contribution is 7.16. The highest BCUT2D eigenvalue weighted by Gasteiger charge is 1.18. The lowest BCUT2D eigenvalue weighted by molar-refractivity contribution is 0.523. The first kappa shape index (κ1) is 23.9. The minimum absolute atomic E-state index is 0. The van der Waals surface area contributed by atoms with Crippen molar-refractivity contribution in [3.63, 3.8) is 0 Å². The van der Waals surface area contributed by atoms with Gasteiger partial charge in [0.1, 0.15) is 0 Å². The Hall–Kier alpha value is 0.300. The SMILES string of the molecule is N.N.O=[PH2]O.O=[PH2]O. The van der Waals surface area contributed by atoms with Gasteiger partial charge in [0.25, 0.3) is 0 Å². The lowest BCUT2D eigenvalue weighted by atomic mass is 14.0. The minimum atomic E-state index is -1.50. The van der Waals surface area contributed by atoms with Crippen LogP contribution in [-0.4, -0.2) is 9.79 Å². The van der Waals surface area contributed by atoms with E-state index in [2.05, 4.69) is 0 Å².